The van der Waals surface area contributed by atoms with E-state index in [2.05, 4.69) is 34.9 Å². The predicted octanol–water partition coefficient (Wildman–Crippen LogP) is 4.01. The summed E-state index contributed by atoms with van der Waals surface area (Å²) in [4.78, 5) is 0. The van der Waals surface area contributed by atoms with Crippen LogP contribution in [0.25, 0.3) is 0 Å². The molecule has 98 valence electrons. The first kappa shape index (κ1) is 12.0. The van der Waals surface area contributed by atoms with Gasteiger partial charge in [0.05, 0.1) is 0 Å². The van der Waals surface area contributed by atoms with Crippen LogP contribution in [0.5, 0.6) is 0 Å². The molecule has 1 aliphatic carbocycles. The van der Waals surface area contributed by atoms with Crippen molar-refractivity contribution in [1.29, 1.82) is 0 Å². The number of halogens is 1. The van der Waals surface area contributed by atoms with E-state index in [9.17, 15) is 4.39 Å². The van der Waals surface area contributed by atoms with E-state index in [-0.39, 0.29) is 5.82 Å². The molecular formula is C16H17FN2. The van der Waals surface area contributed by atoms with Crippen LogP contribution in [0.1, 0.15) is 18.4 Å². The van der Waals surface area contributed by atoms with Gasteiger partial charge >= 0.3 is 0 Å². The largest absolute Gasteiger partial charge is 0.382 e. The molecule has 1 fully saturated rings. The van der Waals surface area contributed by atoms with Gasteiger partial charge in [0, 0.05) is 24.0 Å². The molecule has 0 atom stereocenters. The van der Waals surface area contributed by atoms with E-state index in [1.807, 2.05) is 0 Å². The van der Waals surface area contributed by atoms with Crippen molar-refractivity contribution in [3.05, 3.63) is 59.9 Å². The van der Waals surface area contributed by atoms with Crippen molar-refractivity contribution in [3.63, 3.8) is 0 Å². The third kappa shape index (κ3) is 3.47. The maximum Gasteiger partial charge on any atom is 0.123 e. The minimum absolute atomic E-state index is 0.207. The Morgan fingerprint density at radius 2 is 1.53 bits per heavy atom. The molecule has 0 heterocycles. The van der Waals surface area contributed by atoms with Gasteiger partial charge < -0.3 is 10.6 Å². The van der Waals surface area contributed by atoms with Crippen LogP contribution in [0.3, 0.4) is 0 Å². The normalized spacial score (nSPS) is 14.2. The summed E-state index contributed by atoms with van der Waals surface area (Å²) in [6.07, 6.45) is 2.57. The van der Waals surface area contributed by atoms with Gasteiger partial charge in [-0.3, -0.25) is 0 Å². The van der Waals surface area contributed by atoms with Gasteiger partial charge in [-0.05, 0) is 54.8 Å². The molecule has 2 N–H and O–H groups in total. The van der Waals surface area contributed by atoms with E-state index in [0.717, 1.165) is 12.2 Å². The highest BCUT2D eigenvalue weighted by Gasteiger charge is 2.20. The first-order valence-electron chi connectivity index (χ1n) is 6.64. The average molecular weight is 256 g/mol. The molecular weight excluding hydrogens is 239 g/mol. The Labute approximate surface area is 112 Å². The Hall–Kier alpha value is -2.03. The fraction of sp³-hybridized carbons (Fsp3) is 0.250. The molecule has 3 rings (SSSR count). The molecule has 0 aliphatic heterocycles. The third-order valence-electron chi connectivity index (χ3n) is 3.24. The van der Waals surface area contributed by atoms with Crippen LogP contribution in [0.4, 0.5) is 15.8 Å². The van der Waals surface area contributed by atoms with Crippen molar-refractivity contribution in [2.45, 2.75) is 25.4 Å². The highest BCUT2D eigenvalue weighted by atomic mass is 19.1. The number of nitrogens with one attached hydrogen (secondary N) is 2. The number of hydrogen-bond donors (Lipinski definition) is 2. The first-order valence-corrected chi connectivity index (χ1v) is 6.64. The molecule has 2 nitrogen and oxygen atoms in total. The lowest BCUT2D eigenvalue weighted by Crippen LogP contribution is -2.02. The number of anilines is 2. The van der Waals surface area contributed by atoms with Crippen molar-refractivity contribution in [2.24, 2.45) is 0 Å². The van der Waals surface area contributed by atoms with Gasteiger partial charge in [0.25, 0.3) is 0 Å². The molecule has 2 aromatic carbocycles. The lowest BCUT2D eigenvalue weighted by Gasteiger charge is -2.08. The second-order valence-corrected chi connectivity index (χ2v) is 4.98. The molecule has 0 unspecified atom stereocenters. The Kier molecular flexibility index (Phi) is 3.36. The van der Waals surface area contributed by atoms with E-state index < -0.39 is 0 Å². The molecule has 2 aromatic rings. The zero-order chi connectivity index (χ0) is 13.1. The SMILES string of the molecule is Fc1ccc(NCc2ccc(NC3CC3)cc2)cc1. The van der Waals surface area contributed by atoms with Gasteiger partial charge in [-0.2, -0.15) is 0 Å². The summed E-state index contributed by atoms with van der Waals surface area (Å²) < 4.78 is 12.8. The van der Waals surface area contributed by atoms with Crippen molar-refractivity contribution < 1.29 is 4.39 Å². The summed E-state index contributed by atoms with van der Waals surface area (Å²) in [7, 11) is 0. The summed E-state index contributed by atoms with van der Waals surface area (Å²) in [6, 6.07) is 15.6. The van der Waals surface area contributed by atoms with Gasteiger partial charge in [0.1, 0.15) is 5.82 Å². The summed E-state index contributed by atoms with van der Waals surface area (Å²) in [5.74, 6) is -0.207. The topological polar surface area (TPSA) is 24.1 Å². The monoisotopic (exact) mass is 256 g/mol. The lowest BCUT2D eigenvalue weighted by atomic mass is 10.2. The molecule has 0 saturated heterocycles. The maximum absolute atomic E-state index is 12.8. The van der Waals surface area contributed by atoms with Crippen molar-refractivity contribution in [1.82, 2.24) is 0 Å². The zero-order valence-corrected chi connectivity index (χ0v) is 10.7. The second-order valence-electron chi connectivity index (χ2n) is 4.98. The number of hydrogen-bond acceptors (Lipinski definition) is 2. The molecule has 3 heteroatoms. The average Bonchev–Trinajstić information content (AvgIpc) is 3.24. The summed E-state index contributed by atoms with van der Waals surface area (Å²) >= 11 is 0. The Morgan fingerprint density at radius 3 is 2.16 bits per heavy atom. The van der Waals surface area contributed by atoms with Crippen LogP contribution in [0, 0.1) is 5.82 Å². The minimum Gasteiger partial charge on any atom is -0.382 e. The van der Waals surface area contributed by atoms with E-state index in [0.29, 0.717) is 6.04 Å². The predicted molar refractivity (Wildman–Crippen MR) is 76.8 cm³/mol. The van der Waals surface area contributed by atoms with Crippen LogP contribution in [0.2, 0.25) is 0 Å². The van der Waals surface area contributed by atoms with Crippen LogP contribution >= 0.6 is 0 Å². The van der Waals surface area contributed by atoms with Gasteiger partial charge in [0.15, 0.2) is 0 Å². The molecule has 0 amide bonds. The van der Waals surface area contributed by atoms with Gasteiger partial charge in [-0.1, -0.05) is 12.1 Å². The zero-order valence-electron chi connectivity index (χ0n) is 10.7. The fourth-order valence-electron chi connectivity index (χ4n) is 1.95. The molecule has 1 saturated carbocycles. The summed E-state index contributed by atoms with van der Waals surface area (Å²) in [5, 5.41) is 6.73. The van der Waals surface area contributed by atoms with Crippen molar-refractivity contribution >= 4 is 11.4 Å². The molecule has 0 aromatic heterocycles. The van der Waals surface area contributed by atoms with Crippen LogP contribution in [-0.4, -0.2) is 6.04 Å². The van der Waals surface area contributed by atoms with Crippen molar-refractivity contribution in [3.8, 4) is 0 Å². The van der Waals surface area contributed by atoms with Crippen LogP contribution in [0.15, 0.2) is 48.5 Å². The molecule has 0 bridgehead atoms. The molecule has 0 spiro atoms. The molecule has 0 radical (unpaired) electrons. The smallest absolute Gasteiger partial charge is 0.123 e. The Balaban J connectivity index is 1.55. The Morgan fingerprint density at radius 1 is 0.895 bits per heavy atom. The van der Waals surface area contributed by atoms with Gasteiger partial charge in [-0.25, -0.2) is 4.39 Å². The highest BCUT2D eigenvalue weighted by Crippen LogP contribution is 2.24. The third-order valence-corrected chi connectivity index (χ3v) is 3.24. The second kappa shape index (κ2) is 5.31. The lowest BCUT2D eigenvalue weighted by molar-refractivity contribution is 0.628. The van der Waals surface area contributed by atoms with E-state index >= 15 is 0 Å². The maximum atomic E-state index is 12.8. The standard InChI is InChI=1S/C16H17FN2/c17-13-3-7-14(8-4-13)18-11-12-1-5-15(6-2-12)19-16-9-10-16/h1-8,16,18-19H,9-11H2. The summed E-state index contributed by atoms with van der Waals surface area (Å²) in [5.41, 5.74) is 3.33. The van der Waals surface area contributed by atoms with Crippen molar-refractivity contribution in [2.75, 3.05) is 10.6 Å². The van der Waals surface area contributed by atoms with Gasteiger partial charge in [0.2, 0.25) is 0 Å². The number of rotatable bonds is 5. The van der Waals surface area contributed by atoms with E-state index in [4.69, 9.17) is 0 Å². The minimum atomic E-state index is -0.207. The number of benzene rings is 2. The van der Waals surface area contributed by atoms with E-state index in [1.165, 1.54) is 36.2 Å². The van der Waals surface area contributed by atoms with Crippen LogP contribution < -0.4 is 10.6 Å². The first-order chi connectivity index (χ1) is 9.29. The van der Waals surface area contributed by atoms with E-state index in [1.54, 1.807) is 12.1 Å². The van der Waals surface area contributed by atoms with Crippen LogP contribution in [-0.2, 0) is 6.54 Å². The molecule has 19 heavy (non-hydrogen) atoms. The summed E-state index contributed by atoms with van der Waals surface area (Å²) in [6.45, 7) is 0.745. The van der Waals surface area contributed by atoms with Gasteiger partial charge in [-0.15, -0.1) is 0 Å². The quantitative estimate of drug-likeness (QED) is 0.844. The Bertz CT molecular complexity index is 530. The molecule has 1 aliphatic rings. The fourth-order valence-corrected chi connectivity index (χ4v) is 1.95. The highest BCUT2D eigenvalue weighted by molar-refractivity contribution is 5.48.